The number of hydrogen-bond acceptors (Lipinski definition) is 7. The fourth-order valence-electron chi connectivity index (χ4n) is 6.97. The molecule has 7 nitrogen and oxygen atoms in total. The quantitative estimate of drug-likeness (QED) is 0.0491. The van der Waals surface area contributed by atoms with Gasteiger partial charge in [0.1, 0.15) is 6.10 Å². The third-order valence-corrected chi connectivity index (χ3v) is 10.7. The molecule has 7 heteroatoms. The van der Waals surface area contributed by atoms with Gasteiger partial charge in [-0.3, -0.25) is 0 Å². The Morgan fingerprint density at radius 3 is 0.860 bits per heavy atom. The smallest absolute Gasteiger partial charge is 0.108 e. The first-order chi connectivity index (χ1) is 28.2. The van der Waals surface area contributed by atoms with Crippen molar-refractivity contribution >= 4 is 11.4 Å². The van der Waals surface area contributed by atoms with Crippen LogP contribution in [0.5, 0.6) is 0 Å². The van der Waals surface area contributed by atoms with E-state index in [0.29, 0.717) is 33.0 Å². The molecule has 0 saturated carbocycles. The van der Waals surface area contributed by atoms with Crippen molar-refractivity contribution in [2.75, 3.05) is 43.5 Å². The van der Waals surface area contributed by atoms with Gasteiger partial charge in [-0.05, 0) is 67.5 Å². The van der Waals surface area contributed by atoms with Gasteiger partial charge in [0.25, 0.3) is 0 Å². The first kappa shape index (κ1) is 51.0. The zero-order chi connectivity index (χ0) is 40.9. The molecule has 2 aromatic carbocycles. The van der Waals surface area contributed by atoms with Gasteiger partial charge >= 0.3 is 0 Å². The van der Waals surface area contributed by atoms with E-state index in [1.54, 1.807) is 10.5 Å². The number of benzene rings is 2. The third kappa shape index (κ3) is 25.2. The summed E-state index contributed by atoms with van der Waals surface area (Å²) in [4.78, 5) is 25.0. The Bertz CT molecular complexity index is 1010. The largest absolute Gasteiger partial charge is 0.369 e. The molecule has 0 radical (unpaired) electrons. The molecule has 0 aliphatic rings. The standard InChI is InChI=1S/C50H88N2O5/c1-6-11-16-20-24-29-42-54-51(55-43-30-25-21-17-12-7-2)48-37-33-46(34-38-48)50(53-41-28-15-10-5)47-35-39-49(40-36-47)52(56-44-31-26-22-18-13-8-3)57-45-32-27-23-19-14-9-4/h33-40,50H,6-32,41-45H2,1-5H3. The molecular weight excluding hydrogens is 709 g/mol. The Morgan fingerprint density at radius 2 is 0.561 bits per heavy atom. The van der Waals surface area contributed by atoms with Crippen LogP contribution in [0.1, 0.15) is 225 Å². The molecule has 0 fully saturated rings. The van der Waals surface area contributed by atoms with Crippen LogP contribution < -0.4 is 10.5 Å². The molecule has 0 aromatic heterocycles. The number of hydrogen-bond donors (Lipinski definition) is 0. The maximum Gasteiger partial charge on any atom is 0.108 e. The van der Waals surface area contributed by atoms with Crippen molar-refractivity contribution < 1.29 is 24.1 Å². The van der Waals surface area contributed by atoms with E-state index in [1.807, 2.05) is 0 Å². The molecule has 0 aliphatic heterocycles. The minimum absolute atomic E-state index is 0.187. The second-order valence-electron chi connectivity index (χ2n) is 16.1. The van der Waals surface area contributed by atoms with Crippen LogP contribution in [-0.4, -0.2) is 33.0 Å². The summed E-state index contributed by atoms with van der Waals surface area (Å²) in [6.45, 7) is 14.6. The average molecular weight is 797 g/mol. The molecule has 2 aromatic rings. The molecule has 0 N–H and O–H groups in total. The van der Waals surface area contributed by atoms with Crippen LogP contribution in [0.3, 0.4) is 0 Å². The van der Waals surface area contributed by atoms with Crippen molar-refractivity contribution in [1.29, 1.82) is 0 Å². The summed E-state index contributed by atoms with van der Waals surface area (Å²) in [5.41, 5.74) is 4.06. The van der Waals surface area contributed by atoms with Gasteiger partial charge in [0, 0.05) is 6.61 Å². The fourth-order valence-corrected chi connectivity index (χ4v) is 6.97. The molecule has 57 heavy (non-hydrogen) atoms. The van der Waals surface area contributed by atoms with Crippen LogP contribution in [0, 0.1) is 0 Å². The van der Waals surface area contributed by atoms with Gasteiger partial charge in [-0.15, -0.1) is 10.5 Å². The van der Waals surface area contributed by atoms with E-state index in [0.717, 1.165) is 67.4 Å². The van der Waals surface area contributed by atoms with Gasteiger partial charge in [0.15, 0.2) is 0 Å². The van der Waals surface area contributed by atoms with Crippen LogP contribution in [0.2, 0.25) is 0 Å². The highest BCUT2D eigenvalue weighted by Crippen LogP contribution is 2.31. The number of nitrogens with zero attached hydrogens (tertiary/aromatic N) is 2. The van der Waals surface area contributed by atoms with Gasteiger partial charge in [0.05, 0.1) is 37.8 Å². The maximum absolute atomic E-state index is 6.64. The zero-order valence-corrected chi connectivity index (χ0v) is 37.8. The van der Waals surface area contributed by atoms with Crippen molar-refractivity contribution in [1.82, 2.24) is 0 Å². The monoisotopic (exact) mass is 797 g/mol. The normalized spacial score (nSPS) is 11.5. The van der Waals surface area contributed by atoms with Crippen molar-refractivity contribution in [2.24, 2.45) is 0 Å². The van der Waals surface area contributed by atoms with Gasteiger partial charge in [-0.2, -0.15) is 0 Å². The minimum atomic E-state index is -0.187. The first-order valence-electron chi connectivity index (χ1n) is 24.1. The van der Waals surface area contributed by atoms with E-state index < -0.39 is 0 Å². The van der Waals surface area contributed by atoms with Crippen LogP contribution in [-0.2, 0) is 24.1 Å². The molecule has 0 aliphatic carbocycles. The Hall–Kier alpha value is -2.16. The summed E-state index contributed by atoms with van der Waals surface area (Å²) >= 11 is 0. The Morgan fingerprint density at radius 1 is 0.316 bits per heavy atom. The lowest BCUT2D eigenvalue weighted by atomic mass is 10.0. The van der Waals surface area contributed by atoms with E-state index in [2.05, 4.69) is 83.1 Å². The Balaban J connectivity index is 2.16. The van der Waals surface area contributed by atoms with Crippen molar-refractivity contribution in [2.45, 2.75) is 214 Å². The molecule has 0 amide bonds. The predicted octanol–water partition coefficient (Wildman–Crippen LogP) is 15.8. The van der Waals surface area contributed by atoms with Crippen LogP contribution in [0.25, 0.3) is 0 Å². The van der Waals surface area contributed by atoms with Crippen molar-refractivity contribution in [3.05, 3.63) is 59.7 Å². The lowest BCUT2D eigenvalue weighted by molar-refractivity contribution is -0.0916. The second kappa shape index (κ2) is 36.9. The molecule has 0 spiro atoms. The maximum atomic E-state index is 6.64. The van der Waals surface area contributed by atoms with Crippen LogP contribution in [0.15, 0.2) is 48.5 Å². The van der Waals surface area contributed by atoms with E-state index >= 15 is 0 Å². The topological polar surface area (TPSA) is 52.6 Å². The van der Waals surface area contributed by atoms with Gasteiger partial charge < -0.3 is 4.74 Å². The van der Waals surface area contributed by atoms with E-state index in [9.17, 15) is 0 Å². The van der Waals surface area contributed by atoms with Gasteiger partial charge in [-0.25, -0.2) is 19.4 Å². The highest BCUT2D eigenvalue weighted by molar-refractivity contribution is 5.48. The molecule has 0 bridgehead atoms. The summed E-state index contributed by atoms with van der Waals surface area (Å²) < 4.78 is 6.64. The highest BCUT2D eigenvalue weighted by atomic mass is 17.0. The summed E-state index contributed by atoms with van der Waals surface area (Å²) in [5.74, 6) is 0. The van der Waals surface area contributed by atoms with E-state index in [-0.39, 0.29) is 6.10 Å². The lowest BCUT2D eigenvalue weighted by Crippen LogP contribution is -2.25. The van der Waals surface area contributed by atoms with E-state index in [4.69, 9.17) is 24.1 Å². The minimum Gasteiger partial charge on any atom is -0.369 e. The molecule has 0 heterocycles. The zero-order valence-electron chi connectivity index (χ0n) is 37.8. The Labute approximate surface area is 351 Å². The summed E-state index contributed by atoms with van der Waals surface area (Å²) in [5, 5.41) is 3.33. The van der Waals surface area contributed by atoms with Gasteiger partial charge in [-0.1, -0.05) is 200 Å². The summed E-state index contributed by atoms with van der Waals surface area (Å²) in [6, 6.07) is 17.1. The average Bonchev–Trinajstić information content (AvgIpc) is 3.24. The summed E-state index contributed by atoms with van der Waals surface area (Å²) in [6.07, 6.45) is 32.7. The summed E-state index contributed by atoms with van der Waals surface area (Å²) in [7, 11) is 0. The molecule has 2 rings (SSSR count). The number of ether oxygens (including phenoxy) is 1. The highest BCUT2D eigenvalue weighted by Gasteiger charge is 2.18. The fraction of sp³-hybridized carbons (Fsp3) is 0.760. The van der Waals surface area contributed by atoms with Crippen molar-refractivity contribution in [3.63, 3.8) is 0 Å². The van der Waals surface area contributed by atoms with Crippen LogP contribution >= 0.6 is 0 Å². The molecule has 0 unspecified atom stereocenters. The SMILES string of the molecule is CCCCCCCCON(OCCCCCCCC)c1ccc(C(OCCCCC)c2ccc(N(OCCCCCCCC)OCCCCCCCC)cc2)cc1. The molecular formula is C50H88N2O5. The number of rotatable bonds is 41. The number of anilines is 2. The lowest BCUT2D eigenvalue weighted by Gasteiger charge is -2.25. The first-order valence-corrected chi connectivity index (χ1v) is 24.1. The van der Waals surface area contributed by atoms with Crippen LogP contribution in [0.4, 0.5) is 11.4 Å². The Kier molecular flexibility index (Phi) is 33.0. The molecule has 328 valence electrons. The van der Waals surface area contributed by atoms with Crippen molar-refractivity contribution in [3.8, 4) is 0 Å². The number of unbranched alkanes of at least 4 members (excludes halogenated alkanes) is 22. The van der Waals surface area contributed by atoms with Gasteiger partial charge in [0.2, 0.25) is 0 Å². The third-order valence-electron chi connectivity index (χ3n) is 10.7. The molecule has 0 saturated heterocycles. The second-order valence-corrected chi connectivity index (χ2v) is 16.1. The van der Waals surface area contributed by atoms with E-state index in [1.165, 1.54) is 128 Å². The predicted molar refractivity (Wildman–Crippen MR) is 242 cm³/mol. The molecule has 0 atom stereocenters.